The van der Waals surface area contributed by atoms with E-state index >= 15 is 0 Å². The topological polar surface area (TPSA) is 73.6 Å². The average molecular weight is 292 g/mol. The molecule has 1 aromatic carbocycles. The van der Waals surface area contributed by atoms with Crippen LogP contribution in [0.3, 0.4) is 0 Å². The largest absolute Gasteiger partial charge is 0.493 e. The van der Waals surface area contributed by atoms with Crippen molar-refractivity contribution in [3.8, 4) is 11.5 Å². The van der Waals surface area contributed by atoms with Gasteiger partial charge >= 0.3 is 0 Å². The molecule has 5 heteroatoms. The van der Waals surface area contributed by atoms with Gasteiger partial charge in [-0.25, -0.2) is 0 Å². The van der Waals surface area contributed by atoms with Gasteiger partial charge in [0.25, 0.3) is 5.91 Å². The molecular weight excluding hydrogens is 268 g/mol. The smallest absolute Gasteiger partial charge is 0.258 e. The van der Waals surface area contributed by atoms with Gasteiger partial charge in [0.05, 0.1) is 7.11 Å². The van der Waals surface area contributed by atoms with E-state index in [0.29, 0.717) is 18.0 Å². The monoisotopic (exact) mass is 292 g/mol. The summed E-state index contributed by atoms with van der Waals surface area (Å²) < 4.78 is 10.8. The normalized spacial score (nSPS) is 11.6. The molecule has 21 heavy (non-hydrogen) atoms. The fraction of sp³-hybridized carbons (Fsp3) is 0.438. The lowest BCUT2D eigenvalue weighted by molar-refractivity contribution is -0.122. The van der Waals surface area contributed by atoms with Crippen LogP contribution in [0.2, 0.25) is 0 Å². The predicted octanol–water partition coefficient (Wildman–Crippen LogP) is 1.66. The number of hydrogen-bond acceptors (Lipinski definition) is 4. The van der Waals surface area contributed by atoms with Gasteiger partial charge in [0.15, 0.2) is 18.1 Å². The number of nitrogens with two attached hydrogens (primary N) is 1. The van der Waals surface area contributed by atoms with Gasteiger partial charge in [-0.1, -0.05) is 19.1 Å². The molecule has 0 aliphatic rings. The molecule has 0 saturated carbocycles. The van der Waals surface area contributed by atoms with Crippen LogP contribution in [0.15, 0.2) is 30.9 Å². The SMILES string of the molecule is C=CCNC(=O)COc1cc(CC(N)CC)ccc1OC. The molecule has 1 atom stereocenters. The molecule has 0 heterocycles. The quantitative estimate of drug-likeness (QED) is 0.679. The van der Waals surface area contributed by atoms with E-state index in [2.05, 4.69) is 18.8 Å². The van der Waals surface area contributed by atoms with E-state index < -0.39 is 0 Å². The molecule has 0 saturated heterocycles. The Kier molecular flexibility index (Phi) is 7.32. The molecule has 0 aliphatic heterocycles. The molecule has 0 radical (unpaired) electrons. The molecular formula is C16H24N2O3. The van der Waals surface area contributed by atoms with Crippen molar-refractivity contribution in [1.29, 1.82) is 0 Å². The fourth-order valence-electron chi connectivity index (χ4n) is 1.79. The molecule has 3 N–H and O–H groups in total. The van der Waals surface area contributed by atoms with Gasteiger partial charge < -0.3 is 20.5 Å². The first-order valence-electron chi connectivity index (χ1n) is 7.03. The number of carbonyl (C=O) groups is 1. The molecule has 116 valence electrons. The second-order valence-electron chi connectivity index (χ2n) is 4.74. The first-order valence-corrected chi connectivity index (χ1v) is 7.03. The Hall–Kier alpha value is -2.01. The first kappa shape index (κ1) is 17.0. The van der Waals surface area contributed by atoms with E-state index in [0.717, 1.165) is 18.4 Å². The number of methoxy groups -OCH3 is 1. The molecule has 0 aromatic heterocycles. The maximum absolute atomic E-state index is 11.5. The van der Waals surface area contributed by atoms with Crippen LogP contribution in [-0.2, 0) is 11.2 Å². The summed E-state index contributed by atoms with van der Waals surface area (Å²) in [6.07, 6.45) is 3.29. The van der Waals surface area contributed by atoms with Crippen LogP contribution in [0.4, 0.5) is 0 Å². The minimum absolute atomic E-state index is 0.0620. The molecule has 0 aliphatic carbocycles. The molecule has 5 nitrogen and oxygen atoms in total. The summed E-state index contributed by atoms with van der Waals surface area (Å²) in [6.45, 7) is 5.95. The van der Waals surface area contributed by atoms with Gasteiger partial charge in [0.1, 0.15) is 0 Å². The number of hydrogen-bond donors (Lipinski definition) is 2. The van der Waals surface area contributed by atoms with E-state index in [4.69, 9.17) is 15.2 Å². The molecule has 1 rings (SSSR count). The van der Waals surface area contributed by atoms with E-state index in [-0.39, 0.29) is 18.6 Å². The molecule has 0 bridgehead atoms. The number of nitrogens with one attached hydrogen (secondary N) is 1. The van der Waals surface area contributed by atoms with Gasteiger partial charge in [0.2, 0.25) is 0 Å². The van der Waals surface area contributed by atoms with Crippen molar-refractivity contribution in [2.75, 3.05) is 20.3 Å². The average Bonchev–Trinajstić information content (AvgIpc) is 2.50. The Balaban J connectivity index is 2.71. The number of benzene rings is 1. The molecule has 0 fully saturated rings. The van der Waals surface area contributed by atoms with E-state index in [9.17, 15) is 4.79 Å². The van der Waals surface area contributed by atoms with Gasteiger partial charge in [0, 0.05) is 12.6 Å². The summed E-state index contributed by atoms with van der Waals surface area (Å²) in [6, 6.07) is 5.77. The number of ether oxygens (including phenoxy) is 2. The Bertz CT molecular complexity index is 475. The predicted molar refractivity (Wildman–Crippen MR) is 83.7 cm³/mol. The number of amides is 1. The van der Waals surface area contributed by atoms with Crippen molar-refractivity contribution >= 4 is 5.91 Å². The van der Waals surface area contributed by atoms with Crippen molar-refractivity contribution in [3.05, 3.63) is 36.4 Å². The van der Waals surface area contributed by atoms with Crippen molar-refractivity contribution in [1.82, 2.24) is 5.32 Å². The van der Waals surface area contributed by atoms with E-state index in [1.807, 2.05) is 18.2 Å². The van der Waals surface area contributed by atoms with Gasteiger partial charge in [-0.3, -0.25) is 4.79 Å². The lowest BCUT2D eigenvalue weighted by Gasteiger charge is -2.14. The van der Waals surface area contributed by atoms with Crippen LogP contribution in [0, 0.1) is 0 Å². The number of carbonyl (C=O) groups excluding carboxylic acids is 1. The summed E-state index contributed by atoms with van der Waals surface area (Å²) in [7, 11) is 1.57. The Morgan fingerprint density at radius 3 is 2.86 bits per heavy atom. The second kappa shape index (κ2) is 9.02. The fourth-order valence-corrected chi connectivity index (χ4v) is 1.79. The third-order valence-electron chi connectivity index (χ3n) is 3.05. The number of rotatable bonds is 9. The van der Waals surface area contributed by atoms with Crippen LogP contribution in [0.5, 0.6) is 11.5 Å². The molecule has 1 aromatic rings. The minimum Gasteiger partial charge on any atom is -0.493 e. The third kappa shape index (κ3) is 5.87. The van der Waals surface area contributed by atoms with Crippen LogP contribution in [-0.4, -0.2) is 32.2 Å². The Labute approximate surface area is 126 Å². The van der Waals surface area contributed by atoms with Crippen molar-refractivity contribution in [3.63, 3.8) is 0 Å². The highest BCUT2D eigenvalue weighted by atomic mass is 16.5. The zero-order chi connectivity index (χ0) is 15.7. The highest BCUT2D eigenvalue weighted by Gasteiger charge is 2.10. The summed E-state index contributed by atoms with van der Waals surface area (Å²) in [5.74, 6) is 0.944. The first-order chi connectivity index (χ1) is 10.1. The van der Waals surface area contributed by atoms with Crippen LogP contribution in [0.1, 0.15) is 18.9 Å². The van der Waals surface area contributed by atoms with Crippen LogP contribution >= 0.6 is 0 Å². The van der Waals surface area contributed by atoms with Gasteiger partial charge in [-0.15, -0.1) is 6.58 Å². The highest BCUT2D eigenvalue weighted by Crippen LogP contribution is 2.28. The van der Waals surface area contributed by atoms with Crippen molar-refractivity contribution < 1.29 is 14.3 Å². The minimum atomic E-state index is -0.201. The van der Waals surface area contributed by atoms with Gasteiger partial charge in [-0.2, -0.15) is 0 Å². The summed E-state index contributed by atoms with van der Waals surface area (Å²) in [5.41, 5.74) is 7.02. The van der Waals surface area contributed by atoms with E-state index in [1.54, 1.807) is 13.2 Å². The molecule has 1 unspecified atom stereocenters. The second-order valence-corrected chi connectivity index (χ2v) is 4.74. The molecule has 1 amide bonds. The zero-order valence-electron chi connectivity index (χ0n) is 12.7. The summed E-state index contributed by atoms with van der Waals surface area (Å²) in [5, 5.41) is 2.65. The Morgan fingerprint density at radius 2 is 2.24 bits per heavy atom. The maximum atomic E-state index is 11.5. The molecule has 0 spiro atoms. The van der Waals surface area contributed by atoms with Gasteiger partial charge in [-0.05, 0) is 30.5 Å². The van der Waals surface area contributed by atoms with Crippen LogP contribution < -0.4 is 20.5 Å². The summed E-state index contributed by atoms with van der Waals surface area (Å²) in [4.78, 5) is 11.5. The van der Waals surface area contributed by atoms with Crippen molar-refractivity contribution in [2.24, 2.45) is 5.73 Å². The highest BCUT2D eigenvalue weighted by molar-refractivity contribution is 5.77. The lowest BCUT2D eigenvalue weighted by atomic mass is 10.0. The van der Waals surface area contributed by atoms with Crippen molar-refractivity contribution in [2.45, 2.75) is 25.8 Å². The lowest BCUT2D eigenvalue weighted by Crippen LogP contribution is -2.28. The van der Waals surface area contributed by atoms with E-state index in [1.165, 1.54) is 0 Å². The Morgan fingerprint density at radius 1 is 1.48 bits per heavy atom. The third-order valence-corrected chi connectivity index (χ3v) is 3.05. The standard InChI is InChI=1S/C16H24N2O3/c1-4-8-18-16(19)11-21-15-10-12(9-13(17)5-2)6-7-14(15)20-3/h4,6-7,10,13H,1,5,8-9,11,17H2,2-3H3,(H,18,19). The van der Waals surface area contributed by atoms with Crippen LogP contribution in [0.25, 0.3) is 0 Å². The maximum Gasteiger partial charge on any atom is 0.258 e. The zero-order valence-corrected chi connectivity index (χ0v) is 12.7. The summed E-state index contributed by atoms with van der Waals surface area (Å²) >= 11 is 0.